The van der Waals surface area contributed by atoms with Gasteiger partial charge in [-0.2, -0.15) is 0 Å². The van der Waals surface area contributed by atoms with Crippen LogP contribution in [0.5, 0.6) is 11.5 Å². The minimum atomic E-state index is -0.535. The molecule has 4 amide bonds. The molecule has 2 fully saturated rings. The van der Waals surface area contributed by atoms with Crippen molar-refractivity contribution in [3.05, 3.63) is 111 Å². The molecule has 0 saturated carbocycles. The number of halogens is 3. The van der Waals surface area contributed by atoms with Crippen molar-refractivity contribution in [3.63, 3.8) is 0 Å². The van der Waals surface area contributed by atoms with Crippen LogP contribution in [0.1, 0.15) is 47.1 Å². The van der Waals surface area contributed by atoms with Gasteiger partial charge in [-0.25, -0.2) is 19.2 Å². The molecule has 8 rings (SSSR count). The molecule has 1 N–H and O–H groups in total. The van der Waals surface area contributed by atoms with Crippen molar-refractivity contribution < 1.29 is 47.6 Å². The average Bonchev–Trinajstić information content (AvgIpc) is 3.32. The molecule has 19 heteroatoms. The number of amides is 4. The van der Waals surface area contributed by atoms with E-state index >= 15 is 0 Å². The number of allylic oxidation sites excluding steroid dienone is 4. The van der Waals surface area contributed by atoms with Crippen molar-refractivity contribution in [3.8, 4) is 11.5 Å². The summed E-state index contributed by atoms with van der Waals surface area (Å²) >= 11 is 15.9. The molecule has 0 aromatic heterocycles. The SMILES string of the molecule is CC(C)(C)OC(=O)N1CCN(c2cc(Cl)cc3c2OCCN3C(=O)OCc2ccccc2)CC1.CC(C)(C)OC(=O)N1CCNCC1.O=C(OCC1=CC=C[C+]=C1)N1CCOc2c(Br)cc(Cl)cc21. The number of carbonyl (C=O) groups is 4. The van der Waals surface area contributed by atoms with Crippen molar-refractivity contribution in [1.82, 2.24) is 15.1 Å². The van der Waals surface area contributed by atoms with E-state index in [4.69, 9.17) is 51.6 Å². The van der Waals surface area contributed by atoms with E-state index in [1.807, 2.05) is 90.1 Å². The third kappa shape index (κ3) is 15.6. The average molecular weight is 1060 g/mol. The molecule has 5 aliphatic rings. The Bertz CT molecular complexity index is 2380. The number of rotatable bonds is 5. The fourth-order valence-electron chi connectivity index (χ4n) is 7.31. The summed E-state index contributed by atoms with van der Waals surface area (Å²) in [5, 5.41) is 4.20. The van der Waals surface area contributed by atoms with Crippen molar-refractivity contribution in [2.24, 2.45) is 0 Å². The molecule has 4 aliphatic heterocycles. The van der Waals surface area contributed by atoms with Crippen LogP contribution in [0.3, 0.4) is 0 Å². The predicted octanol–water partition coefficient (Wildman–Crippen LogP) is 10.1. The third-order valence-electron chi connectivity index (χ3n) is 10.5. The number of benzene rings is 3. The van der Waals surface area contributed by atoms with Crippen LogP contribution in [0, 0.1) is 6.08 Å². The van der Waals surface area contributed by atoms with E-state index in [9.17, 15) is 19.2 Å². The fourth-order valence-corrected chi connectivity index (χ4v) is 8.42. The van der Waals surface area contributed by atoms with Crippen LogP contribution in [0.4, 0.5) is 36.2 Å². The number of piperazine rings is 2. The van der Waals surface area contributed by atoms with Crippen LogP contribution in [-0.4, -0.2) is 131 Å². The molecule has 3 aromatic carbocycles. The molecule has 0 spiro atoms. The summed E-state index contributed by atoms with van der Waals surface area (Å²) in [4.78, 5) is 57.8. The topological polar surface area (TPSA) is 152 Å². The smallest absolute Gasteiger partial charge is 0.416 e. The van der Waals surface area contributed by atoms with Crippen LogP contribution in [0.25, 0.3) is 0 Å². The second-order valence-corrected chi connectivity index (χ2v) is 19.9. The first-order valence-electron chi connectivity index (χ1n) is 22.7. The van der Waals surface area contributed by atoms with Gasteiger partial charge < -0.3 is 48.4 Å². The highest BCUT2D eigenvalue weighted by atomic mass is 79.9. The molecule has 0 atom stereocenters. The number of anilines is 3. The molecule has 2 saturated heterocycles. The number of nitrogens with one attached hydrogen (secondary N) is 1. The summed E-state index contributed by atoms with van der Waals surface area (Å²) < 4.78 is 33.9. The van der Waals surface area contributed by atoms with Gasteiger partial charge in [0.15, 0.2) is 18.1 Å². The van der Waals surface area contributed by atoms with Crippen molar-refractivity contribution in [1.29, 1.82) is 0 Å². The summed E-state index contributed by atoms with van der Waals surface area (Å²) in [6.45, 7) is 18.5. The van der Waals surface area contributed by atoms with E-state index in [1.54, 1.807) is 45.1 Å². The zero-order valence-electron chi connectivity index (χ0n) is 39.9. The molecule has 16 nitrogen and oxygen atoms in total. The maximum absolute atomic E-state index is 12.9. The minimum Gasteiger partial charge on any atom is -0.488 e. The molecule has 4 heterocycles. The standard InChI is InChI=1S/C25H30ClN3O5.C16H12BrClNO3.C9H18N2O2/c1-25(2,3)34-23(30)28-11-9-27(10-12-28)20-15-19(26)16-21-22(20)32-14-13-29(21)24(31)33-17-18-7-5-4-6-8-18;17-13-8-12(18)9-14-15(13)21-7-6-19(14)16(20)22-10-11-4-2-1-3-5-11;1-9(2,3)13-8(12)11-6-4-10-5-7-11/h4-8,15-16H,9-14,17H2,1-3H3;1-2,4-5,8-9H,6-7,10H2;10H,4-7H2,1-3H3/q;+1;. The van der Waals surface area contributed by atoms with Gasteiger partial charge in [0, 0.05) is 74.6 Å². The van der Waals surface area contributed by atoms with Gasteiger partial charge in [0.1, 0.15) is 43.2 Å². The Labute approximate surface area is 422 Å². The monoisotopic (exact) mass is 1050 g/mol. The normalized spacial score (nSPS) is 16.3. The van der Waals surface area contributed by atoms with Gasteiger partial charge in [-0.15, -0.1) is 0 Å². The highest BCUT2D eigenvalue weighted by Crippen LogP contribution is 2.44. The van der Waals surface area contributed by atoms with E-state index in [1.165, 1.54) is 4.90 Å². The molecule has 69 heavy (non-hydrogen) atoms. The number of fused-ring (bicyclic) bond motifs is 2. The van der Waals surface area contributed by atoms with Gasteiger partial charge in [-0.3, -0.25) is 9.80 Å². The predicted molar refractivity (Wildman–Crippen MR) is 270 cm³/mol. The number of ether oxygens (including phenoxy) is 6. The first-order chi connectivity index (χ1) is 32.8. The van der Waals surface area contributed by atoms with Gasteiger partial charge in [-0.1, -0.05) is 53.5 Å². The van der Waals surface area contributed by atoms with Crippen molar-refractivity contribution >= 4 is 80.6 Å². The van der Waals surface area contributed by atoms with Gasteiger partial charge in [0.2, 0.25) is 0 Å². The molecule has 1 aliphatic carbocycles. The van der Waals surface area contributed by atoms with E-state index in [-0.39, 0.29) is 31.0 Å². The number of nitrogens with zero attached hydrogens (tertiary/aromatic N) is 5. The van der Waals surface area contributed by atoms with E-state index in [0.29, 0.717) is 89.9 Å². The van der Waals surface area contributed by atoms with Gasteiger partial charge in [0.05, 0.1) is 46.3 Å². The molecule has 3 aromatic rings. The van der Waals surface area contributed by atoms with Gasteiger partial charge >= 0.3 is 24.4 Å². The summed E-state index contributed by atoms with van der Waals surface area (Å²) in [7, 11) is 0. The number of hydrogen-bond acceptors (Lipinski definition) is 12. The van der Waals surface area contributed by atoms with E-state index in [0.717, 1.165) is 43.0 Å². The first-order valence-corrected chi connectivity index (χ1v) is 24.3. The summed E-state index contributed by atoms with van der Waals surface area (Å²) in [6, 6.07) is 16.5. The zero-order chi connectivity index (χ0) is 49.7. The molecule has 0 unspecified atom stereocenters. The Morgan fingerprint density at radius 1 is 0.667 bits per heavy atom. The molecule has 370 valence electrons. The molecule has 0 bridgehead atoms. The Balaban J connectivity index is 0.000000190. The lowest BCUT2D eigenvalue weighted by atomic mass is 10.1. The Morgan fingerprint density at radius 2 is 1.19 bits per heavy atom. The summed E-state index contributed by atoms with van der Waals surface area (Å²) in [5.74, 6) is 1.19. The second-order valence-electron chi connectivity index (χ2n) is 18.2. The van der Waals surface area contributed by atoms with Crippen LogP contribution in [-0.2, 0) is 25.6 Å². The summed E-state index contributed by atoms with van der Waals surface area (Å²) in [5.41, 5.74) is 2.87. The minimum absolute atomic E-state index is 0.187. The Morgan fingerprint density at radius 3 is 1.75 bits per heavy atom. The highest BCUT2D eigenvalue weighted by molar-refractivity contribution is 9.10. The maximum Gasteiger partial charge on any atom is 0.416 e. The largest absolute Gasteiger partial charge is 0.488 e. The second kappa shape index (κ2) is 24.2. The van der Waals surface area contributed by atoms with Crippen LogP contribution in [0.2, 0.25) is 10.0 Å². The van der Waals surface area contributed by atoms with Crippen molar-refractivity contribution in [2.45, 2.75) is 59.4 Å². The lowest BCUT2D eigenvalue weighted by Crippen LogP contribution is -2.50. The highest BCUT2D eigenvalue weighted by Gasteiger charge is 2.33. The Kier molecular flexibility index (Phi) is 18.5. The van der Waals surface area contributed by atoms with Gasteiger partial charge in [0.25, 0.3) is 0 Å². The van der Waals surface area contributed by atoms with Crippen LogP contribution in [0.15, 0.2) is 88.9 Å². The molecular formula is C50H60BrCl2N6O10+. The quantitative estimate of drug-likeness (QED) is 0.191. The number of carbonyl (C=O) groups excluding carboxylic acids is 4. The van der Waals surface area contributed by atoms with Crippen LogP contribution >= 0.6 is 39.1 Å². The van der Waals surface area contributed by atoms with E-state index < -0.39 is 17.8 Å². The van der Waals surface area contributed by atoms with E-state index in [2.05, 4.69) is 32.2 Å². The third-order valence-corrected chi connectivity index (χ3v) is 11.6. The molecule has 0 radical (unpaired) electrons. The zero-order valence-corrected chi connectivity index (χ0v) is 43.0. The lowest BCUT2D eigenvalue weighted by Gasteiger charge is -2.39. The van der Waals surface area contributed by atoms with Gasteiger partial charge in [-0.05, 0) is 87.3 Å². The van der Waals surface area contributed by atoms with Crippen molar-refractivity contribution in [2.75, 3.05) is 100.0 Å². The molecular weight excluding hydrogens is 995 g/mol. The fraction of sp³-hybridized carbons (Fsp3) is 0.440. The first kappa shape index (κ1) is 52.7. The number of hydrogen-bond donors (Lipinski definition) is 1. The maximum atomic E-state index is 12.9. The Hall–Kier alpha value is -5.71. The summed E-state index contributed by atoms with van der Waals surface area (Å²) in [6.07, 6.45) is 8.87. The van der Waals surface area contributed by atoms with Crippen LogP contribution < -0.4 is 29.5 Å². The lowest BCUT2D eigenvalue weighted by molar-refractivity contribution is 0.0223.